The molecule has 0 aromatic rings. The van der Waals surface area contributed by atoms with Gasteiger partial charge in [-0.1, -0.05) is 12.8 Å². The summed E-state index contributed by atoms with van der Waals surface area (Å²) in [6, 6.07) is 0. The molecule has 0 radical (unpaired) electrons. The van der Waals surface area contributed by atoms with E-state index in [1.54, 1.807) is 0 Å². The molecule has 6 heteroatoms. The van der Waals surface area contributed by atoms with E-state index in [4.69, 9.17) is 4.74 Å². The average Bonchev–Trinajstić information content (AvgIpc) is 2.97. The van der Waals surface area contributed by atoms with Gasteiger partial charge in [0.25, 0.3) is 0 Å². The molecule has 1 aliphatic carbocycles. The largest absolute Gasteiger partial charge is 0.396 e. The second-order valence-corrected chi connectivity index (χ2v) is 7.45. The molecule has 2 N–H and O–H groups in total. The molecule has 1 atom stereocenters. The van der Waals surface area contributed by atoms with Crippen molar-refractivity contribution in [3.8, 4) is 0 Å². The standard InChI is InChI=1S/C12H23NO4S/c14-10-12(5-1-2-6-12)9-13-18(15,16)8-11-4-3-7-17-11/h11,13-14H,1-10H2. The number of aliphatic hydroxyl groups excluding tert-OH is 1. The molecular weight excluding hydrogens is 254 g/mol. The molecule has 0 spiro atoms. The Kier molecular flexibility index (Phi) is 4.64. The van der Waals surface area contributed by atoms with Gasteiger partial charge in [-0.25, -0.2) is 13.1 Å². The van der Waals surface area contributed by atoms with Crippen LogP contribution in [0.15, 0.2) is 0 Å². The number of aliphatic hydroxyl groups is 1. The van der Waals surface area contributed by atoms with Crippen molar-refractivity contribution >= 4 is 10.0 Å². The lowest BCUT2D eigenvalue weighted by Gasteiger charge is -2.26. The van der Waals surface area contributed by atoms with Crippen LogP contribution in [0.4, 0.5) is 0 Å². The molecule has 2 aliphatic rings. The fraction of sp³-hybridized carbons (Fsp3) is 1.00. The number of hydrogen-bond acceptors (Lipinski definition) is 4. The maximum Gasteiger partial charge on any atom is 0.214 e. The summed E-state index contributed by atoms with van der Waals surface area (Å²) in [5.74, 6) is 0.0501. The summed E-state index contributed by atoms with van der Waals surface area (Å²) < 4.78 is 31.9. The summed E-state index contributed by atoms with van der Waals surface area (Å²) in [6.07, 6.45) is 5.59. The molecular formula is C12H23NO4S. The smallest absolute Gasteiger partial charge is 0.214 e. The maximum absolute atomic E-state index is 11.9. The second kappa shape index (κ2) is 5.86. The van der Waals surface area contributed by atoms with E-state index in [9.17, 15) is 13.5 Å². The highest BCUT2D eigenvalue weighted by Gasteiger charge is 2.34. The fourth-order valence-corrected chi connectivity index (χ4v) is 4.25. The van der Waals surface area contributed by atoms with Crippen molar-refractivity contribution in [3.05, 3.63) is 0 Å². The lowest BCUT2D eigenvalue weighted by atomic mass is 9.88. The predicted octanol–water partition coefficient (Wildman–Crippen LogP) is 0.637. The summed E-state index contributed by atoms with van der Waals surface area (Å²) in [5.41, 5.74) is -0.233. The minimum atomic E-state index is -3.29. The van der Waals surface area contributed by atoms with E-state index in [-0.39, 0.29) is 23.9 Å². The average molecular weight is 277 g/mol. The van der Waals surface area contributed by atoms with Crippen LogP contribution in [0.2, 0.25) is 0 Å². The van der Waals surface area contributed by atoms with E-state index in [1.165, 1.54) is 0 Å². The van der Waals surface area contributed by atoms with Gasteiger partial charge in [0.2, 0.25) is 10.0 Å². The molecule has 106 valence electrons. The first kappa shape index (κ1) is 14.2. The molecule has 0 aromatic carbocycles. The van der Waals surface area contributed by atoms with Crippen molar-refractivity contribution in [3.63, 3.8) is 0 Å². The van der Waals surface area contributed by atoms with Gasteiger partial charge in [0.15, 0.2) is 0 Å². The van der Waals surface area contributed by atoms with Gasteiger partial charge in [-0.05, 0) is 25.7 Å². The molecule has 2 fully saturated rings. The molecule has 1 unspecified atom stereocenters. The monoisotopic (exact) mass is 277 g/mol. The number of ether oxygens (including phenoxy) is 1. The lowest BCUT2D eigenvalue weighted by molar-refractivity contribution is 0.125. The zero-order valence-corrected chi connectivity index (χ0v) is 11.5. The molecule has 1 aliphatic heterocycles. The van der Waals surface area contributed by atoms with Crippen LogP contribution in [-0.2, 0) is 14.8 Å². The Morgan fingerprint density at radius 2 is 2.00 bits per heavy atom. The van der Waals surface area contributed by atoms with Crippen LogP contribution in [0, 0.1) is 5.41 Å². The van der Waals surface area contributed by atoms with Crippen LogP contribution in [-0.4, -0.2) is 45.1 Å². The number of rotatable bonds is 6. The van der Waals surface area contributed by atoms with E-state index in [2.05, 4.69) is 4.72 Å². The predicted molar refractivity (Wildman–Crippen MR) is 68.8 cm³/mol. The zero-order valence-electron chi connectivity index (χ0n) is 10.7. The van der Waals surface area contributed by atoms with Crippen molar-refractivity contribution in [1.82, 2.24) is 4.72 Å². The first-order valence-electron chi connectivity index (χ1n) is 6.75. The summed E-state index contributed by atoms with van der Waals surface area (Å²) in [7, 11) is -3.29. The van der Waals surface area contributed by atoms with Crippen LogP contribution < -0.4 is 4.72 Å². The molecule has 2 rings (SSSR count). The normalized spacial score (nSPS) is 27.7. The maximum atomic E-state index is 11.9. The van der Waals surface area contributed by atoms with Gasteiger partial charge in [0.05, 0.1) is 11.9 Å². The molecule has 18 heavy (non-hydrogen) atoms. The highest BCUT2D eigenvalue weighted by atomic mass is 32.2. The van der Waals surface area contributed by atoms with Gasteiger partial charge in [-0.15, -0.1) is 0 Å². The third kappa shape index (κ3) is 3.66. The Bertz CT molecular complexity index is 356. The second-order valence-electron chi connectivity index (χ2n) is 5.60. The van der Waals surface area contributed by atoms with Crippen LogP contribution in [0.5, 0.6) is 0 Å². The molecule has 1 saturated carbocycles. The minimum Gasteiger partial charge on any atom is -0.396 e. The van der Waals surface area contributed by atoms with E-state index >= 15 is 0 Å². The fourth-order valence-electron chi connectivity index (χ4n) is 2.86. The van der Waals surface area contributed by atoms with Gasteiger partial charge >= 0.3 is 0 Å². The van der Waals surface area contributed by atoms with Crippen LogP contribution in [0.3, 0.4) is 0 Å². The third-order valence-corrected chi connectivity index (χ3v) is 5.49. The van der Waals surface area contributed by atoms with Crippen molar-refractivity contribution in [2.45, 2.75) is 44.6 Å². The Labute approximate surface area is 109 Å². The molecule has 0 amide bonds. The van der Waals surface area contributed by atoms with Crippen LogP contribution in [0.25, 0.3) is 0 Å². The van der Waals surface area contributed by atoms with Gasteiger partial charge in [0.1, 0.15) is 0 Å². The highest BCUT2D eigenvalue weighted by Crippen LogP contribution is 2.37. The highest BCUT2D eigenvalue weighted by molar-refractivity contribution is 7.89. The minimum absolute atomic E-state index is 0.0501. The van der Waals surface area contributed by atoms with Gasteiger partial charge in [0, 0.05) is 25.2 Å². The Morgan fingerprint density at radius 3 is 2.56 bits per heavy atom. The van der Waals surface area contributed by atoms with Crippen molar-refractivity contribution in [1.29, 1.82) is 0 Å². The van der Waals surface area contributed by atoms with E-state index < -0.39 is 10.0 Å². The van der Waals surface area contributed by atoms with Crippen molar-refractivity contribution < 1.29 is 18.3 Å². The Morgan fingerprint density at radius 1 is 1.28 bits per heavy atom. The zero-order chi connectivity index (χ0) is 13.1. The molecule has 1 saturated heterocycles. The summed E-state index contributed by atoms with van der Waals surface area (Å²) in [5, 5.41) is 9.44. The quantitative estimate of drug-likeness (QED) is 0.747. The Hall–Kier alpha value is -0.170. The first-order chi connectivity index (χ1) is 8.55. The third-order valence-electron chi connectivity index (χ3n) is 4.10. The van der Waals surface area contributed by atoms with Crippen LogP contribution >= 0.6 is 0 Å². The van der Waals surface area contributed by atoms with Crippen molar-refractivity contribution in [2.75, 3.05) is 25.5 Å². The lowest BCUT2D eigenvalue weighted by Crippen LogP contribution is -2.40. The Balaban J connectivity index is 1.83. The topological polar surface area (TPSA) is 75.6 Å². The number of sulfonamides is 1. The first-order valence-corrected chi connectivity index (χ1v) is 8.40. The van der Waals surface area contributed by atoms with Gasteiger partial charge in [-0.2, -0.15) is 0 Å². The van der Waals surface area contributed by atoms with E-state index in [1.807, 2.05) is 0 Å². The van der Waals surface area contributed by atoms with Gasteiger partial charge < -0.3 is 9.84 Å². The van der Waals surface area contributed by atoms with E-state index in [0.717, 1.165) is 38.5 Å². The molecule has 0 bridgehead atoms. The van der Waals surface area contributed by atoms with Gasteiger partial charge in [-0.3, -0.25) is 0 Å². The molecule has 5 nitrogen and oxygen atoms in total. The van der Waals surface area contributed by atoms with Crippen LogP contribution in [0.1, 0.15) is 38.5 Å². The molecule has 0 aromatic heterocycles. The number of nitrogens with one attached hydrogen (secondary N) is 1. The van der Waals surface area contributed by atoms with E-state index in [0.29, 0.717) is 13.2 Å². The number of hydrogen-bond donors (Lipinski definition) is 2. The SMILES string of the molecule is O=S(=O)(CC1CCCO1)NCC1(CO)CCCC1. The summed E-state index contributed by atoms with van der Waals surface area (Å²) in [6.45, 7) is 1.09. The summed E-state index contributed by atoms with van der Waals surface area (Å²) >= 11 is 0. The summed E-state index contributed by atoms with van der Waals surface area (Å²) in [4.78, 5) is 0. The van der Waals surface area contributed by atoms with Crippen molar-refractivity contribution in [2.24, 2.45) is 5.41 Å². The molecule has 1 heterocycles.